The summed E-state index contributed by atoms with van der Waals surface area (Å²) in [6, 6.07) is 11.5. The predicted octanol–water partition coefficient (Wildman–Crippen LogP) is 4.14. The van der Waals surface area contributed by atoms with Crippen LogP contribution in [-0.2, 0) is 0 Å². The summed E-state index contributed by atoms with van der Waals surface area (Å²) in [4.78, 5) is 0. The number of benzene rings is 2. The molecule has 0 fully saturated rings. The highest BCUT2D eigenvalue weighted by molar-refractivity contribution is 9.10. The average Bonchev–Trinajstić information content (AvgIpc) is 2.26. The van der Waals surface area contributed by atoms with Crippen molar-refractivity contribution in [2.75, 3.05) is 0 Å². The van der Waals surface area contributed by atoms with Crippen molar-refractivity contribution in [3.8, 4) is 11.5 Å². The highest BCUT2D eigenvalue weighted by Gasteiger charge is 2.06. The number of hydrogen-bond acceptors (Lipinski definition) is 2. The molecule has 4 heteroatoms. The van der Waals surface area contributed by atoms with Gasteiger partial charge in [0.1, 0.15) is 17.3 Å². The van der Waals surface area contributed by atoms with Crippen LogP contribution in [0.1, 0.15) is 16.7 Å². The SMILES string of the molecule is Cc1cc(C)cc(Oc2ccc(C(=N)N)c(Br)c2)c1. The Morgan fingerprint density at radius 1 is 1.05 bits per heavy atom. The second kappa shape index (κ2) is 5.45. The summed E-state index contributed by atoms with van der Waals surface area (Å²) in [5.41, 5.74) is 8.45. The third-order valence-corrected chi connectivity index (χ3v) is 3.32. The van der Waals surface area contributed by atoms with E-state index in [1.54, 1.807) is 12.1 Å². The number of nitrogen functional groups attached to an aromatic ring is 1. The monoisotopic (exact) mass is 318 g/mol. The lowest BCUT2D eigenvalue weighted by Crippen LogP contribution is -2.11. The van der Waals surface area contributed by atoms with Crippen molar-refractivity contribution in [3.05, 3.63) is 57.6 Å². The average molecular weight is 319 g/mol. The first kappa shape index (κ1) is 13.6. The largest absolute Gasteiger partial charge is 0.457 e. The second-order valence-corrected chi connectivity index (χ2v) is 5.34. The summed E-state index contributed by atoms with van der Waals surface area (Å²) in [6.45, 7) is 4.07. The van der Waals surface area contributed by atoms with Crippen LogP contribution in [0.25, 0.3) is 0 Å². The molecule has 98 valence electrons. The molecule has 0 aromatic heterocycles. The highest BCUT2D eigenvalue weighted by atomic mass is 79.9. The van der Waals surface area contributed by atoms with Crippen LogP contribution in [0.2, 0.25) is 0 Å². The molecule has 2 aromatic carbocycles. The van der Waals surface area contributed by atoms with E-state index < -0.39 is 0 Å². The topological polar surface area (TPSA) is 59.1 Å². The quantitative estimate of drug-likeness (QED) is 0.660. The van der Waals surface area contributed by atoms with E-state index in [9.17, 15) is 0 Å². The van der Waals surface area contributed by atoms with Gasteiger partial charge in [0.15, 0.2) is 0 Å². The third kappa shape index (κ3) is 3.35. The fraction of sp³-hybridized carbons (Fsp3) is 0.133. The fourth-order valence-corrected chi connectivity index (χ4v) is 2.48. The number of hydrogen-bond donors (Lipinski definition) is 2. The van der Waals surface area contributed by atoms with Crippen LogP contribution in [-0.4, -0.2) is 5.84 Å². The van der Waals surface area contributed by atoms with Gasteiger partial charge in [-0.3, -0.25) is 5.41 Å². The van der Waals surface area contributed by atoms with Crippen molar-refractivity contribution in [2.24, 2.45) is 5.73 Å². The Balaban J connectivity index is 2.28. The van der Waals surface area contributed by atoms with Crippen molar-refractivity contribution >= 4 is 21.8 Å². The summed E-state index contributed by atoms with van der Waals surface area (Å²) < 4.78 is 6.57. The summed E-state index contributed by atoms with van der Waals surface area (Å²) in [5, 5.41) is 7.43. The van der Waals surface area contributed by atoms with Crippen molar-refractivity contribution in [1.29, 1.82) is 5.41 Å². The summed E-state index contributed by atoms with van der Waals surface area (Å²) >= 11 is 3.39. The Morgan fingerprint density at radius 2 is 1.68 bits per heavy atom. The van der Waals surface area contributed by atoms with Crippen LogP contribution in [0.3, 0.4) is 0 Å². The Labute approximate surface area is 121 Å². The fourth-order valence-electron chi connectivity index (χ4n) is 1.91. The van der Waals surface area contributed by atoms with Crippen molar-refractivity contribution < 1.29 is 4.74 Å². The minimum absolute atomic E-state index is 0.0322. The van der Waals surface area contributed by atoms with Gasteiger partial charge in [0.2, 0.25) is 0 Å². The number of amidine groups is 1. The van der Waals surface area contributed by atoms with E-state index in [0.29, 0.717) is 11.3 Å². The summed E-state index contributed by atoms with van der Waals surface area (Å²) in [5.74, 6) is 1.55. The molecule has 0 atom stereocenters. The molecule has 0 aliphatic rings. The predicted molar refractivity (Wildman–Crippen MR) is 81.1 cm³/mol. The normalized spacial score (nSPS) is 10.3. The van der Waals surface area contributed by atoms with Crippen LogP contribution in [0.4, 0.5) is 0 Å². The molecule has 0 bridgehead atoms. The smallest absolute Gasteiger partial charge is 0.128 e. The van der Waals surface area contributed by atoms with Crippen molar-refractivity contribution in [2.45, 2.75) is 13.8 Å². The van der Waals surface area contributed by atoms with E-state index in [4.69, 9.17) is 15.9 Å². The lowest BCUT2D eigenvalue weighted by atomic mass is 10.1. The third-order valence-electron chi connectivity index (χ3n) is 2.66. The zero-order valence-corrected chi connectivity index (χ0v) is 12.4. The van der Waals surface area contributed by atoms with E-state index in [-0.39, 0.29) is 5.84 Å². The molecule has 0 radical (unpaired) electrons. The Kier molecular flexibility index (Phi) is 3.90. The summed E-state index contributed by atoms with van der Waals surface area (Å²) in [7, 11) is 0. The van der Waals surface area contributed by atoms with Gasteiger partial charge in [0.25, 0.3) is 0 Å². The molecule has 0 aliphatic carbocycles. The Hall–Kier alpha value is -1.81. The highest BCUT2D eigenvalue weighted by Crippen LogP contribution is 2.28. The Bertz CT molecular complexity index is 618. The first-order valence-corrected chi connectivity index (χ1v) is 6.65. The molecular formula is C15H15BrN2O. The molecule has 0 heterocycles. The molecular weight excluding hydrogens is 304 g/mol. The first-order valence-electron chi connectivity index (χ1n) is 5.86. The van der Waals surface area contributed by atoms with Gasteiger partial charge < -0.3 is 10.5 Å². The van der Waals surface area contributed by atoms with Gasteiger partial charge in [-0.15, -0.1) is 0 Å². The van der Waals surface area contributed by atoms with Gasteiger partial charge >= 0.3 is 0 Å². The summed E-state index contributed by atoms with van der Waals surface area (Å²) in [6.07, 6.45) is 0. The van der Waals surface area contributed by atoms with E-state index in [2.05, 4.69) is 22.0 Å². The lowest BCUT2D eigenvalue weighted by molar-refractivity contribution is 0.481. The van der Waals surface area contributed by atoms with Gasteiger partial charge in [-0.25, -0.2) is 0 Å². The van der Waals surface area contributed by atoms with Gasteiger partial charge in [-0.05, 0) is 71.2 Å². The maximum Gasteiger partial charge on any atom is 0.128 e. The van der Waals surface area contributed by atoms with Crippen LogP contribution in [0.5, 0.6) is 11.5 Å². The zero-order valence-electron chi connectivity index (χ0n) is 10.8. The molecule has 0 amide bonds. The van der Waals surface area contributed by atoms with Crippen LogP contribution >= 0.6 is 15.9 Å². The first-order chi connectivity index (χ1) is 8.95. The number of nitrogens with two attached hydrogens (primary N) is 1. The van der Waals surface area contributed by atoms with E-state index in [0.717, 1.165) is 21.3 Å². The number of halogens is 1. The number of aryl methyl sites for hydroxylation is 2. The minimum atomic E-state index is 0.0322. The molecule has 19 heavy (non-hydrogen) atoms. The molecule has 3 N–H and O–H groups in total. The molecule has 0 unspecified atom stereocenters. The zero-order chi connectivity index (χ0) is 14.0. The molecule has 0 aliphatic heterocycles. The molecule has 0 saturated carbocycles. The molecule has 0 saturated heterocycles. The number of nitrogens with one attached hydrogen (secondary N) is 1. The standard InChI is InChI=1S/C15H15BrN2O/c1-9-5-10(2)7-12(6-9)19-11-3-4-13(15(17)18)14(16)8-11/h3-8H,1-2H3,(H3,17,18). The molecule has 2 rings (SSSR count). The second-order valence-electron chi connectivity index (χ2n) is 4.48. The number of rotatable bonds is 3. The van der Waals surface area contributed by atoms with Gasteiger partial charge in [0.05, 0.1) is 0 Å². The molecule has 3 nitrogen and oxygen atoms in total. The number of ether oxygens (including phenoxy) is 1. The van der Waals surface area contributed by atoms with Gasteiger partial charge in [-0.2, -0.15) is 0 Å². The lowest BCUT2D eigenvalue weighted by Gasteiger charge is -2.09. The van der Waals surface area contributed by atoms with E-state index in [1.165, 1.54) is 0 Å². The Morgan fingerprint density at radius 3 is 2.21 bits per heavy atom. The van der Waals surface area contributed by atoms with Crippen molar-refractivity contribution in [3.63, 3.8) is 0 Å². The maximum absolute atomic E-state index is 7.43. The van der Waals surface area contributed by atoms with Crippen molar-refractivity contribution in [1.82, 2.24) is 0 Å². The molecule has 2 aromatic rings. The maximum atomic E-state index is 7.43. The van der Waals surface area contributed by atoms with Crippen LogP contribution < -0.4 is 10.5 Å². The molecule has 0 spiro atoms. The minimum Gasteiger partial charge on any atom is -0.457 e. The van der Waals surface area contributed by atoms with Gasteiger partial charge in [0, 0.05) is 10.0 Å². The van der Waals surface area contributed by atoms with Crippen LogP contribution in [0, 0.1) is 19.3 Å². The van der Waals surface area contributed by atoms with Gasteiger partial charge in [-0.1, -0.05) is 6.07 Å². The van der Waals surface area contributed by atoms with E-state index in [1.807, 2.05) is 32.0 Å². The van der Waals surface area contributed by atoms with E-state index >= 15 is 0 Å². The van der Waals surface area contributed by atoms with Crippen LogP contribution in [0.15, 0.2) is 40.9 Å².